The maximum atomic E-state index is 4.88. The third-order valence-electron chi connectivity index (χ3n) is 5.56. The summed E-state index contributed by atoms with van der Waals surface area (Å²) in [7, 11) is 0. The number of aromatic nitrogens is 2. The first-order chi connectivity index (χ1) is 12.7. The summed E-state index contributed by atoms with van der Waals surface area (Å²) in [6, 6.07) is 17.2. The second kappa shape index (κ2) is 8.43. The third kappa shape index (κ3) is 3.55. The largest absolute Gasteiger partial charge is 1.00 e. The zero-order chi connectivity index (χ0) is 17.7. The van der Waals surface area contributed by atoms with E-state index in [1.165, 1.54) is 33.4 Å². The number of hydrogen-bond donors (Lipinski definition) is 0. The minimum absolute atomic E-state index is 0. The zero-order valence-electron chi connectivity index (χ0n) is 15.8. The Balaban J connectivity index is 0.00000112. The molecule has 0 amide bonds. The fourth-order valence-electron chi connectivity index (χ4n) is 3.89. The Bertz CT molecular complexity index is 1090. The van der Waals surface area contributed by atoms with E-state index in [9.17, 15) is 0 Å². The van der Waals surface area contributed by atoms with E-state index < -0.39 is 0 Å². The molecule has 0 saturated carbocycles. The summed E-state index contributed by atoms with van der Waals surface area (Å²) in [5.74, 6) is 0. The van der Waals surface area contributed by atoms with Crippen LogP contribution in [-0.2, 0) is 19.2 Å². The smallest absolute Gasteiger partial charge is 1.00 e. The summed E-state index contributed by atoms with van der Waals surface area (Å²) in [4.78, 5) is 0. The first-order valence-electron chi connectivity index (χ1n) is 9.09. The molecule has 1 heterocycles. The van der Waals surface area contributed by atoms with Crippen LogP contribution >= 0.6 is 0 Å². The van der Waals surface area contributed by atoms with E-state index >= 15 is 0 Å². The van der Waals surface area contributed by atoms with Crippen molar-refractivity contribution in [2.24, 2.45) is 0 Å². The molecule has 5 heteroatoms. The van der Waals surface area contributed by atoms with Crippen LogP contribution in [0.1, 0.15) is 35.6 Å². The van der Waals surface area contributed by atoms with Crippen LogP contribution in [0.4, 0.5) is 0 Å². The van der Waals surface area contributed by atoms with Crippen LogP contribution in [0.2, 0.25) is 0 Å². The minimum atomic E-state index is -0.300. The Morgan fingerprint density at radius 1 is 1.00 bits per heavy atom. The number of halogens is 2. The van der Waals surface area contributed by atoms with Crippen molar-refractivity contribution >= 4 is 22.7 Å². The van der Waals surface area contributed by atoms with Crippen LogP contribution in [0, 0.1) is 0 Å². The van der Waals surface area contributed by atoms with Gasteiger partial charge in [-0.15, -0.1) is 0 Å². The molecule has 2 aromatic carbocycles. The molecule has 2 aliphatic carbocycles. The number of hydrogen-bond acceptors (Lipinski definition) is 1. The Morgan fingerprint density at radius 2 is 1.75 bits per heavy atom. The maximum absolute atomic E-state index is 4.88. The van der Waals surface area contributed by atoms with Gasteiger partial charge in [0.25, 0.3) is 0 Å². The molecular weight excluding hydrogens is 423 g/mol. The van der Waals surface area contributed by atoms with Crippen molar-refractivity contribution in [3.63, 3.8) is 0 Å². The van der Waals surface area contributed by atoms with Crippen molar-refractivity contribution in [3.05, 3.63) is 87.0 Å². The molecule has 2 nitrogen and oxygen atoms in total. The van der Waals surface area contributed by atoms with Crippen LogP contribution in [0.3, 0.4) is 0 Å². The van der Waals surface area contributed by atoms with Gasteiger partial charge in [-0.2, -0.15) is 0 Å². The van der Waals surface area contributed by atoms with Gasteiger partial charge in [-0.05, 0) is 0 Å². The molecule has 140 valence electrons. The van der Waals surface area contributed by atoms with E-state index in [-0.39, 0.29) is 44.0 Å². The standard InChI is InChI=1S/C16H11N2.C7H9.2ClH.Ti/c1-2-6-13-10-15(9-12(13)5-1)18-11-14-7-3-4-8-16(14)17-18;1-6-4-3-5-7(6)2;;;/h1-11H;4H,3H2,1-2H3;2*1H;/q;;;;+2/p-2. The average Bonchev–Trinajstić information content (AvgIpc) is 3.33. The van der Waals surface area contributed by atoms with Gasteiger partial charge in [0.05, 0.1) is 0 Å². The van der Waals surface area contributed by atoms with Crippen molar-refractivity contribution in [1.29, 1.82) is 0 Å². The number of allylic oxidation sites excluding steroid dienone is 5. The second-order valence-electron chi connectivity index (χ2n) is 7.10. The molecule has 2 aliphatic rings. The molecule has 5 rings (SSSR count). The summed E-state index contributed by atoms with van der Waals surface area (Å²) in [5, 5.41) is 6.08. The molecule has 0 aliphatic heterocycles. The van der Waals surface area contributed by atoms with Crippen molar-refractivity contribution < 1.29 is 44.0 Å². The summed E-state index contributed by atoms with van der Waals surface area (Å²) in [5.41, 5.74) is 8.23. The second-order valence-corrected chi connectivity index (χ2v) is 9.40. The third-order valence-corrected chi connectivity index (χ3v) is 8.41. The summed E-state index contributed by atoms with van der Waals surface area (Å²) in [6.45, 7) is 4.54. The van der Waals surface area contributed by atoms with Crippen LogP contribution in [0.25, 0.3) is 22.7 Å². The van der Waals surface area contributed by atoms with E-state index in [4.69, 9.17) is 5.10 Å². The van der Waals surface area contributed by atoms with E-state index in [0.29, 0.717) is 4.22 Å². The monoisotopic (exact) mass is 442 g/mol. The number of fused-ring (bicyclic) bond motifs is 2. The fourth-order valence-corrected chi connectivity index (χ4v) is 6.65. The predicted octanol–water partition coefficient (Wildman–Crippen LogP) is -0.196. The van der Waals surface area contributed by atoms with Crippen molar-refractivity contribution in [2.45, 2.75) is 24.5 Å². The molecular formula is C23H20Cl2N2Ti. The average molecular weight is 443 g/mol. The van der Waals surface area contributed by atoms with Gasteiger partial charge in [0.1, 0.15) is 0 Å². The molecule has 1 aromatic heterocycles. The Hall–Kier alpha value is -1.58. The van der Waals surface area contributed by atoms with E-state index in [2.05, 4.69) is 85.4 Å². The summed E-state index contributed by atoms with van der Waals surface area (Å²) in [6.07, 6.45) is 8.07. The van der Waals surface area contributed by atoms with E-state index in [0.717, 1.165) is 11.9 Å². The number of benzene rings is 2. The maximum Gasteiger partial charge on any atom is -1.00 e. The molecule has 3 aromatic rings. The normalized spacial score (nSPS) is 17.4. The molecule has 0 radical (unpaired) electrons. The molecule has 28 heavy (non-hydrogen) atoms. The first-order valence-corrected chi connectivity index (χ1v) is 10.8. The first kappa shape index (κ1) is 21.1. The quantitative estimate of drug-likeness (QED) is 0.514. The van der Waals surface area contributed by atoms with Crippen LogP contribution in [-0.4, -0.2) is 9.78 Å². The van der Waals surface area contributed by atoms with Gasteiger partial charge in [-0.3, -0.25) is 0 Å². The van der Waals surface area contributed by atoms with Gasteiger partial charge in [0.2, 0.25) is 0 Å². The van der Waals surface area contributed by atoms with Gasteiger partial charge in [0.15, 0.2) is 0 Å². The Kier molecular flexibility index (Phi) is 6.36. The van der Waals surface area contributed by atoms with Crippen molar-refractivity contribution in [2.75, 3.05) is 0 Å². The van der Waals surface area contributed by atoms with Crippen molar-refractivity contribution in [3.8, 4) is 0 Å². The topological polar surface area (TPSA) is 17.8 Å². The number of rotatable bonds is 3. The molecule has 0 N–H and O–H groups in total. The van der Waals surface area contributed by atoms with Gasteiger partial charge in [-0.1, -0.05) is 0 Å². The zero-order valence-corrected chi connectivity index (χ0v) is 18.9. The molecule has 0 saturated heterocycles. The minimum Gasteiger partial charge on any atom is -1.00 e. The van der Waals surface area contributed by atoms with Crippen LogP contribution in [0.5, 0.6) is 0 Å². The Labute approximate surface area is 187 Å². The van der Waals surface area contributed by atoms with Gasteiger partial charge >= 0.3 is 163 Å². The van der Waals surface area contributed by atoms with E-state index in [1.54, 1.807) is 3.88 Å². The van der Waals surface area contributed by atoms with E-state index in [1.807, 2.05) is 0 Å². The molecule has 1 atom stereocenters. The summed E-state index contributed by atoms with van der Waals surface area (Å²) < 4.78 is 4.31. The Morgan fingerprint density at radius 3 is 2.50 bits per heavy atom. The number of nitrogens with zero attached hydrogens (tertiary/aromatic N) is 2. The molecule has 0 spiro atoms. The van der Waals surface area contributed by atoms with Crippen molar-refractivity contribution in [1.82, 2.24) is 9.78 Å². The summed E-state index contributed by atoms with van der Waals surface area (Å²) >= 11 is -0.300. The fraction of sp³-hybridized carbons (Fsp3) is 0.174. The SMILES string of the molecule is CC1=CC[C]([Ti+2][CH]2C(n3cc4ccccc4n3)=Cc3ccccc32)=C1C.[Cl-].[Cl-]. The molecule has 0 bridgehead atoms. The molecule has 0 fully saturated rings. The predicted molar refractivity (Wildman–Crippen MR) is 104 cm³/mol. The van der Waals surface area contributed by atoms with Crippen LogP contribution < -0.4 is 24.8 Å². The van der Waals surface area contributed by atoms with Gasteiger partial charge in [0, 0.05) is 0 Å². The van der Waals surface area contributed by atoms with Gasteiger partial charge in [-0.25, -0.2) is 0 Å². The van der Waals surface area contributed by atoms with Gasteiger partial charge < -0.3 is 24.8 Å². The molecule has 1 unspecified atom stereocenters. The van der Waals surface area contributed by atoms with Crippen LogP contribution in [0.15, 0.2) is 75.8 Å².